The first-order valence-corrected chi connectivity index (χ1v) is 11.5. The summed E-state index contributed by atoms with van der Waals surface area (Å²) in [5.74, 6) is -0.170. The quantitative estimate of drug-likeness (QED) is 0.543. The fourth-order valence-corrected chi connectivity index (χ4v) is 4.21. The van der Waals surface area contributed by atoms with E-state index in [0.717, 1.165) is 32.6 Å². The molecule has 0 unspecified atom stereocenters. The van der Waals surface area contributed by atoms with Gasteiger partial charge in [0.25, 0.3) is 11.8 Å². The highest BCUT2D eigenvalue weighted by Gasteiger charge is 2.21. The number of amides is 2. The van der Waals surface area contributed by atoms with Crippen LogP contribution >= 0.6 is 15.9 Å². The molecule has 4 rings (SSSR count). The van der Waals surface area contributed by atoms with Gasteiger partial charge in [0.05, 0.1) is 0 Å². The first-order chi connectivity index (χ1) is 15.5. The van der Waals surface area contributed by atoms with E-state index < -0.39 is 0 Å². The molecule has 0 saturated carbocycles. The maximum Gasteiger partial charge on any atom is 0.291 e. The van der Waals surface area contributed by atoms with E-state index in [4.69, 9.17) is 4.42 Å². The SMILES string of the molecule is Cc1ccccc1CN1CCCN(C(=O)c2cccc(NC(=O)c3ccc(Br)o3)c2)CC1. The number of carbonyl (C=O) groups is 2. The molecule has 7 heteroatoms. The zero-order chi connectivity index (χ0) is 22.5. The molecule has 2 aromatic carbocycles. The van der Waals surface area contributed by atoms with E-state index in [2.05, 4.69) is 57.3 Å². The number of nitrogens with one attached hydrogen (secondary N) is 1. The third-order valence-electron chi connectivity index (χ3n) is 5.70. The van der Waals surface area contributed by atoms with Gasteiger partial charge in [0, 0.05) is 44.0 Å². The standard InChI is InChI=1S/C25H26BrN3O3/c1-18-6-2-3-7-20(18)17-28-12-5-13-29(15-14-28)25(31)19-8-4-9-21(16-19)27-24(30)22-10-11-23(26)32-22/h2-4,6-11,16H,5,12-15,17H2,1H3,(H,27,30). The van der Waals surface area contributed by atoms with Crippen molar-refractivity contribution in [2.45, 2.75) is 19.9 Å². The number of carbonyl (C=O) groups excluding carboxylic acids is 2. The van der Waals surface area contributed by atoms with E-state index in [-0.39, 0.29) is 17.6 Å². The number of benzene rings is 2. The van der Waals surface area contributed by atoms with Crippen LogP contribution in [-0.2, 0) is 6.54 Å². The third kappa shape index (κ3) is 5.47. The van der Waals surface area contributed by atoms with E-state index in [0.29, 0.717) is 22.5 Å². The Bertz CT molecular complexity index is 1110. The summed E-state index contributed by atoms with van der Waals surface area (Å²) in [7, 11) is 0. The second-order valence-corrected chi connectivity index (χ2v) is 8.77. The fourth-order valence-electron chi connectivity index (χ4n) is 3.90. The van der Waals surface area contributed by atoms with Crippen molar-refractivity contribution in [1.82, 2.24) is 9.80 Å². The number of anilines is 1. The van der Waals surface area contributed by atoms with Crippen LogP contribution in [0.2, 0.25) is 0 Å². The Kier molecular flexibility index (Phi) is 7.07. The molecule has 166 valence electrons. The van der Waals surface area contributed by atoms with Gasteiger partial charge < -0.3 is 14.6 Å². The summed E-state index contributed by atoms with van der Waals surface area (Å²) < 4.78 is 5.78. The molecule has 2 heterocycles. The van der Waals surface area contributed by atoms with Gasteiger partial charge in [-0.15, -0.1) is 0 Å². The minimum atomic E-state index is -0.359. The van der Waals surface area contributed by atoms with Crippen LogP contribution < -0.4 is 5.32 Å². The lowest BCUT2D eigenvalue weighted by atomic mass is 10.1. The highest BCUT2D eigenvalue weighted by Crippen LogP contribution is 2.19. The van der Waals surface area contributed by atoms with E-state index in [9.17, 15) is 9.59 Å². The first-order valence-electron chi connectivity index (χ1n) is 10.7. The number of rotatable bonds is 5. The Morgan fingerprint density at radius 2 is 1.84 bits per heavy atom. The molecule has 0 atom stereocenters. The topological polar surface area (TPSA) is 65.8 Å². The monoisotopic (exact) mass is 495 g/mol. The molecule has 0 radical (unpaired) electrons. The summed E-state index contributed by atoms with van der Waals surface area (Å²) >= 11 is 3.19. The molecule has 0 bridgehead atoms. The summed E-state index contributed by atoms with van der Waals surface area (Å²) in [6.45, 7) is 6.25. The van der Waals surface area contributed by atoms with Crippen molar-refractivity contribution in [3.05, 3.63) is 87.8 Å². The van der Waals surface area contributed by atoms with Crippen LogP contribution in [0.25, 0.3) is 0 Å². The van der Waals surface area contributed by atoms with Crippen LogP contribution in [0, 0.1) is 6.92 Å². The summed E-state index contributed by atoms with van der Waals surface area (Å²) in [5.41, 5.74) is 3.75. The van der Waals surface area contributed by atoms with Crippen molar-refractivity contribution in [3.8, 4) is 0 Å². The molecule has 32 heavy (non-hydrogen) atoms. The Balaban J connectivity index is 1.38. The number of halogens is 1. The zero-order valence-electron chi connectivity index (χ0n) is 18.0. The molecular formula is C25H26BrN3O3. The minimum absolute atomic E-state index is 0.0143. The predicted octanol–water partition coefficient (Wildman–Crippen LogP) is 4.95. The number of hydrogen-bond donors (Lipinski definition) is 1. The third-order valence-corrected chi connectivity index (χ3v) is 6.12. The molecule has 0 spiro atoms. The maximum atomic E-state index is 13.2. The van der Waals surface area contributed by atoms with Crippen molar-refractivity contribution in [2.75, 3.05) is 31.5 Å². The van der Waals surface area contributed by atoms with Crippen LogP contribution in [0.5, 0.6) is 0 Å². The molecule has 1 fully saturated rings. The molecule has 1 N–H and O–H groups in total. The molecular weight excluding hydrogens is 470 g/mol. The molecule has 1 saturated heterocycles. The van der Waals surface area contributed by atoms with Crippen LogP contribution in [-0.4, -0.2) is 47.8 Å². The molecule has 1 aliphatic rings. The minimum Gasteiger partial charge on any atom is -0.444 e. The molecule has 0 aliphatic carbocycles. The maximum absolute atomic E-state index is 13.2. The highest BCUT2D eigenvalue weighted by atomic mass is 79.9. The molecule has 1 aromatic heterocycles. The Morgan fingerprint density at radius 3 is 2.62 bits per heavy atom. The lowest BCUT2D eigenvalue weighted by Gasteiger charge is -2.23. The predicted molar refractivity (Wildman–Crippen MR) is 128 cm³/mol. The second kappa shape index (κ2) is 10.1. The zero-order valence-corrected chi connectivity index (χ0v) is 19.6. The van der Waals surface area contributed by atoms with Crippen molar-refractivity contribution < 1.29 is 14.0 Å². The van der Waals surface area contributed by atoms with E-state index in [1.165, 1.54) is 11.1 Å². The lowest BCUT2D eigenvalue weighted by Crippen LogP contribution is -2.35. The highest BCUT2D eigenvalue weighted by molar-refractivity contribution is 9.10. The van der Waals surface area contributed by atoms with Gasteiger partial charge in [0.1, 0.15) is 0 Å². The first kappa shape index (κ1) is 22.3. The average molecular weight is 496 g/mol. The largest absolute Gasteiger partial charge is 0.444 e. The number of furan rings is 1. The van der Waals surface area contributed by atoms with Crippen molar-refractivity contribution in [3.63, 3.8) is 0 Å². The normalized spacial score (nSPS) is 14.8. The Morgan fingerprint density at radius 1 is 1.00 bits per heavy atom. The molecule has 2 amide bonds. The molecule has 1 aliphatic heterocycles. The summed E-state index contributed by atoms with van der Waals surface area (Å²) in [5, 5.41) is 2.79. The summed E-state index contributed by atoms with van der Waals surface area (Å²) in [6, 6.07) is 18.8. The van der Waals surface area contributed by atoms with Gasteiger partial charge >= 0.3 is 0 Å². The summed E-state index contributed by atoms with van der Waals surface area (Å²) in [6.07, 6.45) is 0.932. The lowest BCUT2D eigenvalue weighted by molar-refractivity contribution is 0.0760. The average Bonchev–Trinajstić information content (AvgIpc) is 3.10. The summed E-state index contributed by atoms with van der Waals surface area (Å²) in [4.78, 5) is 29.8. The van der Waals surface area contributed by atoms with Gasteiger partial charge in [0.2, 0.25) is 0 Å². The Hall–Kier alpha value is -2.90. The number of hydrogen-bond acceptors (Lipinski definition) is 4. The van der Waals surface area contributed by atoms with Crippen molar-refractivity contribution in [2.24, 2.45) is 0 Å². The van der Waals surface area contributed by atoms with Crippen molar-refractivity contribution >= 4 is 33.4 Å². The van der Waals surface area contributed by atoms with Gasteiger partial charge in [-0.3, -0.25) is 14.5 Å². The number of aryl methyl sites for hydroxylation is 1. The van der Waals surface area contributed by atoms with E-state index in [1.54, 1.807) is 36.4 Å². The smallest absolute Gasteiger partial charge is 0.291 e. The van der Waals surface area contributed by atoms with Crippen LogP contribution in [0.15, 0.2) is 69.8 Å². The van der Waals surface area contributed by atoms with Crippen LogP contribution in [0.3, 0.4) is 0 Å². The Labute approximate surface area is 196 Å². The molecule has 3 aromatic rings. The fraction of sp³-hybridized carbons (Fsp3) is 0.280. The number of nitrogens with zero attached hydrogens (tertiary/aromatic N) is 2. The van der Waals surface area contributed by atoms with E-state index >= 15 is 0 Å². The second-order valence-electron chi connectivity index (χ2n) is 7.99. The van der Waals surface area contributed by atoms with E-state index in [1.807, 2.05) is 4.90 Å². The van der Waals surface area contributed by atoms with Gasteiger partial charge in [0.15, 0.2) is 10.4 Å². The van der Waals surface area contributed by atoms with Crippen LogP contribution in [0.4, 0.5) is 5.69 Å². The van der Waals surface area contributed by atoms with Crippen LogP contribution in [0.1, 0.15) is 38.5 Å². The van der Waals surface area contributed by atoms with Gasteiger partial charge in [-0.05, 0) is 70.7 Å². The molecule has 6 nitrogen and oxygen atoms in total. The van der Waals surface area contributed by atoms with Gasteiger partial charge in [-0.25, -0.2) is 0 Å². The van der Waals surface area contributed by atoms with Gasteiger partial charge in [-0.2, -0.15) is 0 Å². The van der Waals surface area contributed by atoms with Gasteiger partial charge in [-0.1, -0.05) is 30.3 Å². The van der Waals surface area contributed by atoms with Crippen molar-refractivity contribution in [1.29, 1.82) is 0 Å².